The van der Waals surface area contributed by atoms with E-state index in [2.05, 4.69) is 5.10 Å². The van der Waals surface area contributed by atoms with Gasteiger partial charge in [-0.1, -0.05) is 20.8 Å². The molecule has 0 radical (unpaired) electrons. The van der Waals surface area contributed by atoms with Gasteiger partial charge in [0.25, 0.3) is 0 Å². The first-order valence-electron chi connectivity index (χ1n) is 6.49. The third kappa shape index (κ3) is 2.59. The third-order valence-corrected chi connectivity index (χ3v) is 5.58. The van der Waals surface area contributed by atoms with Crippen molar-refractivity contribution in [2.45, 2.75) is 45.1 Å². The molecular formula is C13H20N2O4S. The standard InChI is InChI=1S/C13H20N2O4S/c1-12(2,3)10-9(11(16)17)7-15(14-10)13(4)5-6-20(18,19)8-13/h7H,5-6,8H2,1-4H3,(H,16,17). The Morgan fingerprint density at radius 1 is 1.45 bits per heavy atom. The fraction of sp³-hybridized carbons (Fsp3) is 0.692. The summed E-state index contributed by atoms with van der Waals surface area (Å²) in [6, 6.07) is 0. The second-order valence-corrected chi connectivity index (χ2v) is 8.91. The van der Waals surface area contributed by atoms with Crippen LogP contribution in [-0.2, 0) is 20.8 Å². The van der Waals surface area contributed by atoms with Crippen molar-refractivity contribution in [1.29, 1.82) is 0 Å². The van der Waals surface area contributed by atoms with Crippen molar-refractivity contribution in [3.8, 4) is 0 Å². The molecule has 7 heteroatoms. The molecule has 1 aliphatic rings. The van der Waals surface area contributed by atoms with E-state index >= 15 is 0 Å². The Kier molecular flexibility index (Phi) is 3.24. The normalized spacial score (nSPS) is 25.8. The van der Waals surface area contributed by atoms with E-state index in [0.29, 0.717) is 12.1 Å². The number of sulfone groups is 1. The minimum absolute atomic E-state index is 0.00429. The molecule has 112 valence electrons. The van der Waals surface area contributed by atoms with Crippen LogP contribution in [0.1, 0.15) is 50.2 Å². The molecule has 1 N–H and O–H groups in total. The summed E-state index contributed by atoms with van der Waals surface area (Å²) in [5.74, 6) is -0.911. The lowest BCUT2D eigenvalue weighted by atomic mass is 9.90. The van der Waals surface area contributed by atoms with Crippen LogP contribution < -0.4 is 0 Å². The van der Waals surface area contributed by atoms with Crippen molar-refractivity contribution in [2.75, 3.05) is 11.5 Å². The van der Waals surface area contributed by atoms with Gasteiger partial charge >= 0.3 is 5.97 Å². The van der Waals surface area contributed by atoms with Crippen molar-refractivity contribution < 1.29 is 18.3 Å². The fourth-order valence-corrected chi connectivity index (χ4v) is 4.65. The van der Waals surface area contributed by atoms with Gasteiger partial charge in [-0.3, -0.25) is 4.68 Å². The number of carboxylic acid groups (broad SMARTS) is 1. The van der Waals surface area contributed by atoms with E-state index in [1.807, 2.05) is 27.7 Å². The minimum atomic E-state index is -3.07. The van der Waals surface area contributed by atoms with Crippen LogP contribution in [0.2, 0.25) is 0 Å². The van der Waals surface area contributed by atoms with Crippen LogP contribution in [0, 0.1) is 0 Å². The zero-order valence-corrected chi connectivity index (χ0v) is 13.0. The largest absolute Gasteiger partial charge is 0.478 e. The quantitative estimate of drug-likeness (QED) is 0.892. The van der Waals surface area contributed by atoms with Crippen LogP contribution in [0.3, 0.4) is 0 Å². The van der Waals surface area contributed by atoms with Crippen molar-refractivity contribution in [3.63, 3.8) is 0 Å². The number of hydrogen-bond donors (Lipinski definition) is 1. The van der Waals surface area contributed by atoms with Gasteiger partial charge in [0.2, 0.25) is 0 Å². The molecule has 1 aromatic heterocycles. The zero-order valence-electron chi connectivity index (χ0n) is 12.2. The SMILES string of the molecule is CC(C)(C)c1nn(C2(C)CCS(=O)(=O)C2)cc1C(=O)O. The highest BCUT2D eigenvalue weighted by atomic mass is 32.2. The van der Waals surface area contributed by atoms with Gasteiger partial charge in [0.15, 0.2) is 9.84 Å². The van der Waals surface area contributed by atoms with E-state index in [4.69, 9.17) is 0 Å². The first-order chi connectivity index (χ1) is 8.95. The van der Waals surface area contributed by atoms with Crippen molar-refractivity contribution in [1.82, 2.24) is 9.78 Å². The summed E-state index contributed by atoms with van der Waals surface area (Å²) in [5, 5.41) is 13.7. The molecule has 0 bridgehead atoms. The Morgan fingerprint density at radius 3 is 2.40 bits per heavy atom. The van der Waals surface area contributed by atoms with Crippen molar-refractivity contribution in [2.24, 2.45) is 0 Å². The van der Waals surface area contributed by atoms with E-state index in [1.165, 1.54) is 10.9 Å². The average molecular weight is 300 g/mol. The molecule has 1 atom stereocenters. The lowest BCUT2D eigenvalue weighted by Crippen LogP contribution is -2.32. The van der Waals surface area contributed by atoms with Crippen LogP contribution in [0.4, 0.5) is 0 Å². The van der Waals surface area contributed by atoms with Gasteiger partial charge < -0.3 is 5.11 Å². The molecule has 1 aromatic rings. The van der Waals surface area contributed by atoms with E-state index in [9.17, 15) is 18.3 Å². The Labute approximate surface area is 118 Å². The summed E-state index contributed by atoms with van der Waals surface area (Å²) in [6.07, 6.45) is 1.92. The van der Waals surface area contributed by atoms with Crippen molar-refractivity contribution in [3.05, 3.63) is 17.5 Å². The van der Waals surface area contributed by atoms with E-state index < -0.39 is 26.8 Å². The van der Waals surface area contributed by atoms with Crippen LogP contribution in [0.5, 0.6) is 0 Å². The van der Waals surface area contributed by atoms with E-state index in [1.54, 1.807) is 0 Å². The highest BCUT2D eigenvalue weighted by Crippen LogP contribution is 2.33. The molecule has 6 nitrogen and oxygen atoms in total. The lowest BCUT2D eigenvalue weighted by molar-refractivity contribution is 0.0694. The molecule has 1 unspecified atom stereocenters. The number of hydrogen-bond acceptors (Lipinski definition) is 4. The predicted molar refractivity (Wildman–Crippen MR) is 74.8 cm³/mol. The van der Waals surface area contributed by atoms with Gasteiger partial charge in [0.05, 0.1) is 22.7 Å². The summed E-state index contributed by atoms with van der Waals surface area (Å²) in [7, 11) is -3.07. The molecule has 1 fully saturated rings. The topological polar surface area (TPSA) is 89.3 Å². The molecule has 2 rings (SSSR count). The average Bonchev–Trinajstić information content (AvgIpc) is 2.80. The molecule has 0 saturated carbocycles. The van der Waals surface area contributed by atoms with Crippen LogP contribution in [0.15, 0.2) is 6.20 Å². The molecule has 0 aromatic carbocycles. The van der Waals surface area contributed by atoms with Gasteiger partial charge in [-0.15, -0.1) is 0 Å². The fourth-order valence-electron chi connectivity index (χ4n) is 2.54. The van der Waals surface area contributed by atoms with Gasteiger partial charge in [-0.05, 0) is 13.3 Å². The van der Waals surface area contributed by atoms with Crippen molar-refractivity contribution >= 4 is 15.8 Å². The summed E-state index contributed by atoms with van der Waals surface area (Å²) in [6.45, 7) is 7.47. The third-order valence-electron chi connectivity index (χ3n) is 3.69. The zero-order chi connectivity index (χ0) is 15.3. The van der Waals surface area contributed by atoms with Gasteiger partial charge in [-0.25, -0.2) is 13.2 Å². The monoisotopic (exact) mass is 300 g/mol. The molecule has 1 aliphatic heterocycles. The highest BCUT2D eigenvalue weighted by Gasteiger charge is 2.42. The number of rotatable bonds is 2. The second-order valence-electron chi connectivity index (χ2n) is 6.73. The summed E-state index contributed by atoms with van der Waals surface area (Å²) in [5.41, 5.74) is -0.446. The molecule has 0 spiro atoms. The van der Waals surface area contributed by atoms with Gasteiger partial charge in [0.1, 0.15) is 5.56 Å². The molecule has 20 heavy (non-hydrogen) atoms. The molecule has 1 saturated heterocycles. The number of aromatic nitrogens is 2. The molecule has 0 aliphatic carbocycles. The Bertz CT molecular complexity index is 654. The second kappa shape index (κ2) is 4.31. The Balaban J connectivity index is 2.53. The predicted octanol–water partition coefficient (Wildman–Crippen LogP) is 1.41. The first kappa shape index (κ1) is 15.0. The van der Waals surface area contributed by atoms with Gasteiger partial charge in [-0.2, -0.15) is 5.10 Å². The minimum Gasteiger partial charge on any atom is -0.478 e. The maximum atomic E-state index is 11.7. The number of carbonyl (C=O) groups is 1. The number of nitrogens with zero attached hydrogens (tertiary/aromatic N) is 2. The summed E-state index contributed by atoms with van der Waals surface area (Å²) in [4.78, 5) is 11.4. The number of aromatic carboxylic acids is 1. The van der Waals surface area contributed by atoms with Crippen LogP contribution in [0.25, 0.3) is 0 Å². The van der Waals surface area contributed by atoms with E-state index in [-0.39, 0.29) is 17.1 Å². The van der Waals surface area contributed by atoms with E-state index in [0.717, 1.165) is 0 Å². The number of carboxylic acids is 1. The first-order valence-corrected chi connectivity index (χ1v) is 8.31. The van der Waals surface area contributed by atoms with Crippen LogP contribution >= 0.6 is 0 Å². The Hall–Kier alpha value is -1.37. The molecule has 2 heterocycles. The molecule has 0 amide bonds. The lowest BCUT2D eigenvalue weighted by Gasteiger charge is -2.23. The maximum absolute atomic E-state index is 11.7. The molecular weight excluding hydrogens is 280 g/mol. The smallest absolute Gasteiger partial charge is 0.339 e. The maximum Gasteiger partial charge on any atom is 0.339 e. The summed E-state index contributed by atoms with van der Waals surface area (Å²) < 4.78 is 24.9. The van der Waals surface area contributed by atoms with Crippen LogP contribution in [-0.4, -0.2) is 40.8 Å². The van der Waals surface area contributed by atoms with Gasteiger partial charge in [0, 0.05) is 11.6 Å². The summed E-state index contributed by atoms with van der Waals surface area (Å²) >= 11 is 0. The highest BCUT2D eigenvalue weighted by molar-refractivity contribution is 7.91. The Morgan fingerprint density at radius 2 is 2.05 bits per heavy atom.